The Bertz CT molecular complexity index is 73.8. The summed E-state index contributed by atoms with van der Waals surface area (Å²) in [6, 6.07) is 0. The smallest absolute Gasteiger partial charge is 0.0906 e. The highest BCUT2D eigenvalue weighted by atomic mass is 31.1. The second-order valence-corrected chi connectivity index (χ2v) is 3.52. The van der Waals surface area contributed by atoms with E-state index in [0.29, 0.717) is 12.8 Å². The van der Waals surface area contributed by atoms with Gasteiger partial charge in [0.25, 0.3) is 0 Å². The second-order valence-electron chi connectivity index (χ2n) is 1.53. The molecule has 1 aliphatic rings. The molecule has 41 valence electrons. The average Bonchev–Trinajstić information content (AvgIpc) is 1.69. The van der Waals surface area contributed by atoms with E-state index in [2.05, 4.69) is 0 Å². The van der Waals surface area contributed by atoms with Crippen LogP contribution in [0.2, 0.25) is 0 Å². The molecule has 1 radical (unpaired) electrons. The first-order chi connectivity index (χ1) is 3.39. The fourth-order valence-electron chi connectivity index (χ4n) is 0.510. The highest BCUT2D eigenvalue weighted by Gasteiger charge is 2.05. The molecule has 0 saturated carbocycles. The van der Waals surface area contributed by atoms with Gasteiger partial charge in [0.15, 0.2) is 0 Å². The van der Waals surface area contributed by atoms with E-state index in [0.717, 1.165) is 6.16 Å². The molecule has 0 amide bonds. The lowest BCUT2D eigenvalue weighted by Crippen LogP contribution is -2.03. The van der Waals surface area contributed by atoms with Crippen LogP contribution in [0, 0.1) is 6.61 Å². The van der Waals surface area contributed by atoms with E-state index in [1.54, 1.807) is 6.61 Å². The van der Waals surface area contributed by atoms with Crippen molar-refractivity contribution in [2.45, 2.75) is 0 Å². The molecule has 1 saturated heterocycles. The molecule has 1 fully saturated rings. The van der Waals surface area contributed by atoms with Gasteiger partial charge in [0.2, 0.25) is 0 Å². The molecule has 7 heavy (non-hydrogen) atoms. The Hall–Kier alpha value is 0.190. The van der Waals surface area contributed by atoms with Crippen LogP contribution >= 0.6 is 7.80 Å². The molecule has 1 rings (SSSR count). The Morgan fingerprint density at radius 2 is 2.57 bits per heavy atom. The van der Waals surface area contributed by atoms with Crippen LogP contribution in [0.3, 0.4) is 0 Å². The van der Waals surface area contributed by atoms with E-state index in [4.69, 9.17) is 4.74 Å². The molecule has 0 N–H and O–H groups in total. The molecule has 0 aromatic carbocycles. The van der Waals surface area contributed by atoms with Gasteiger partial charge in [-0.2, -0.15) is 0 Å². The topological polar surface area (TPSA) is 26.3 Å². The van der Waals surface area contributed by atoms with Crippen molar-refractivity contribution in [3.8, 4) is 0 Å². The van der Waals surface area contributed by atoms with E-state index in [1.165, 1.54) is 0 Å². The molecule has 0 spiro atoms. The Morgan fingerprint density at radius 3 is 2.86 bits per heavy atom. The summed E-state index contributed by atoms with van der Waals surface area (Å²) in [5.74, 6) is 0. The minimum atomic E-state index is -1.22. The molecule has 1 aliphatic heterocycles. The summed E-state index contributed by atoms with van der Waals surface area (Å²) in [5.41, 5.74) is 0. The summed E-state index contributed by atoms with van der Waals surface area (Å²) in [6.07, 6.45) is 1.46. The predicted octanol–water partition coefficient (Wildman–Crippen LogP) is 0.738. The van der Waals surface area contributed by atoms with Gasteiger partial charge in [0.1, 0.15) is 0 Å². The van der Waals surface area contributed by atoms with Crippen molar-refractivity contribution >= 4 is 7.80 Å². The third-order valence-electron chi connectivity index (χ3n) is 0.928. The van der Waals surface area contributed by atoms with Gasteiger partial charge in [-0.3, -0.25) is 0 Å². The highest BCUT2D eigenvalue weighted by molar-refractivity contribution is 7.44. The SMILES string of the molecule is O=[PH]1C[CH]OCC1. The van der Waals surface area contributed by atoms with Gasteiger partial charge in [0, 0.05) is 12.3 Å². The molecule has 1 heterocycles. The lowest BCUT2D eigenvalue weighted by molar-refractivity contribution is 0.216. The van der Waals surface area contributed by atoms with Crippen LogP contribution in [0.5, 0.6) is 0 Å². The van der Waals surface area contributed by atoms with Crippen LogP contribution in [-0.4, -0.2) is 18.9 Å². The predicted molar refractivity (Wildman–Crippen MR) is 29.0 cm³/mol. The van der Waals surface area contributed by atoms with Crippen LogP contribution in [0.15, 0.2) is 0 Å². The zero-order valence-electron chi connectivity index (χ0n) is 4.02. The van der Waals surface area contributed by atoms with E-state index >= 15 is 0 Å². The van der Waals surface area contributed by atoms with Gasteiger partial charge in [-0.15, -0.1) is 0 Å². The van der Waals surface area contributed by atoms with Crippen molar-refractivity contribution in [3.63, 3.8) is 0 Å². The fraction of sp³-hybridized carbons (Fsp3) is 0.750. The standard InChI is InChI=1S/C4H8O2P/c5-7-3-1-6-2-4-7/h1,7H,2-4H2. The van der Waals surface area contributed by atoms with Crippen molar-refractivity contribution in [1.82, 2.24) is 0 Å². The fourth-order valence-corrected chi connectivity index (χ4v) is 1.36. The first-order valence-corrected chi connectivity index (χ1v) is 4.17. The van der Waals surface area contributed by atoms with Crippen LogP contribution < -0.4 is 0 Å². The van der Waals surface area contributed by atoms with Crippen LogP contribution in [0.1, 0.15) is 0 Å². The van der Waals surface area contributed by atoms with E-state index < -0.39 is 7.80 Å². The van der Waals surface area contributed by atoms with Gasteiger partial charge in [-0.05, 0) is 0 Å². The zero-order chi connectivity index (χ0) is 5.11. The van der Waals surface area contributed by atoms with Crippen molar-refractivity contribution in [3.05, 3.63) is 6.61 Å². The van der Waals surface area contributed by atoms with E-state index in [9.17, 15) is 4.57 Å². The molecule has 0 aromatic heterocycles. The third-order valence-corrected chi connectivity index (χ3v) is 2.31. The Kier molecular flexibility index (Phi) is 1.89. The third kappa shape index (κ3) is 1.62. The molecule has 2 nitrogen and oxygen atoms in total. The maximum Gasteiger partial charge on any atom is 0.0906 e. The minimum absolute atomic E-state index is 0.664. The second kappa shape index (κ2) is 2.49. The maximum absolute atomic E-state index is 10.5. The molecular weight excluding hydrogens is 111 g/mol. The van der Waals surface area contributed by atoms with Gasteiger partial charge in [0.05, 0.1) is 21.0 Å². The van der Waals surface area contributed by atoms with E-state index in [-0.39, 0.29) is 0 Å². The monoisotopic (exact) mass is 119 g/mol. The van der Waals surface area contributed by atoms with Gasteiger partial charge in [-0.25, -0.2) is 0 Å². The summed E-state index contributed by atoms with van der Waals surface area (Å²) in [4.78, 5) is 0. The number of hydrogen-bond donors (Lipinski definition) is 0. The van der Waals surface area contributed by atoms with Gasteiger partial charge in [-0.1, -0.05) is 0 Å². The Labute approximate surface area is 43.6 Å². The quantitative estimate of drug-likeness (QED) is 0.439. The van der Waals surface area contributed by atoms with Crippen molar-refractivity contribution in [2.24, 2.45) is 0 Å². The normalized spacial score (nSPS) is 25.1. The van der Waals surface area contributed by atoms with Crippen LogP contribution in [0.25, 0.3) is 0 Å². The van der Waals surface area contributed by atoms with Crippen molar-refractivity contribution in [1.29, 1.82) is 0 Å². The molecule has 3 heteroatoms. The largest absolute Gasteiger partial charge is 0.375 e. The van der Waals surface area contributed by atoms with Crippen LogP contribution in [-0.2, 0) is 9.30 Å². The molecular formula is C4H8O2P. The molecule has 0 bridgehead atoms. The molecule has 0 aliphatic carbocycles. The minimum Gasteiger partial charge on any atom is -0.375 e. The summed E-state index contributed by atoms with van der Waals surface area (Å²) in [7, 11) is -1.22. The van der Waals surface area contributed by atoms with Crippen molar-refractivity contribution in [2.75, 3.05) is 18.9 Å². The van der Waals surface area contributed by atoms with Gasteiger partial charge >= 0.3 is 0 Å². The molecule has 1 unspecified atom stereocenters. The molecule has 0 aromatic rings. The summed E-state index contributed by atoms with van der Waals surface area (Å²) in [6.45, 7) is 2.31. The molecule has 1 atom stereocenters. The highest BCUT2D eigenvalue weighted by Crippen LogP contribution is 2.23. The number of ether oxygens (including phenoxy) is 1. The first-order valence-electron chi connectivity index (χ1n) is 2.34. The lowest BCUT2D eigenvalue weighted by atomic mass is 10.8. The Balaban J connectivity index is 2.25. The lowest BCUT2D eigenvalue weighted by Gasteiger charge is -2.07. The number of hydrogen-bond acceptors (Lipinski definition) is 2. The number of rotatable bonds is 0. The zero-order valence-corrected chi connectivity index (χ0v) is 5.02. The summed E-state index contributed by atoms with van der Waals surface area (Å²) >= 11 is 0. The first kappa shape index (κ1) is 5.33. The summed E-state index contributed by atoms with van der Waals surface area (Å²) < 4.78 is 15.4. The maximum atomic E-state index is 10.5. The Morgan fingerprint density at radius 1 is 1.71 bits per heavy atom. The average molecular weight is 119 g/mol. The van der Waals surface area contributed by atoms with E-state index in [1.807, 2.05) is 0 Å². The van der Waals surface area contributed by atoms with Crippen molar-refractivity contribution < 1.29 is 9.30 Å². The van der Waals surface area contributed by atoms with Crippen LogP contribution in [0.4, 0.5) is 0 Å². The van der Waals surface area contributed by atoms with Gasteiger partial charge < -0.3 is 9.30 Å². The summed E-state index contributed by atoms with van der Waals surface area (Å²) in [5, 5.41) is 0.